The van der Waals surface area contributed by atoms with Crippen LogP contribution in [0.1, 0.15) is 50.6 Å². The van der Waals surface area contributed by atoms with Gasteiger partial charge >= 0.3 is 5.97 Å². The van der Waals surface area contributed by atoms with E-state index in [0.717, 1.165) is 31.1 Å². The fraction of sp³-hybridized carbons (Fsp3) is 0.714. The normalized spacial score (nSPS) is 19.8. The van der Waals surface area contributed by atoms with Crippen LogP contribution in [0.3, 0.4) is 0 Å². The molecule has 0 unspecified atom stereocenters. The summed E-state index contributed by atoms with van der Waals surface area (Å²) in [4.78, 5) is 15.9. The Morgan fingerprint density at radius 2 is 1.96 bits per heavy atom. The highest BCUT2D eigenvalue weighted by molar-refractivity contribution is 5.78. The fourth-order valence-electron chi connectivity index (χ4n) is 3.26. The molecule has 2 fully saturated rings. The van der Waals surface area contributed by atoms with E-state index in [0.29, 0.717) is 24.7 Å². The Kier molecular flexibility index (Phi) is 7.26. The second-order valence-electron chi connectivity index (χ2n) is 8.24. The van der Waals surface area contributed by atoms with Crippen LogP contribution in [0.25, 0.3) is 0 Å². The summed E-state index contributed by atoms with van der Waals surface area (Å²) in [7, 11) is 0. The maximum Gasteiger partial charge on any atom is 0.337 e. The minimum Gasteiger partial charge on any atom is -0.493 e. The van der Waals surface area contributed by atoms with E-state index in [1.165, 1.54) is 25.7 Å². The standard InChI is InChI=1S/C21H32N2O5/c22-19(14-27-10-1-2-15-3-4-15)21(26,20(24)25)13-17-12-18(7-9-23-17)28-11-8-16-5-6-16/h7,9,12,15-16,19,26H,1-6,8,10-11,13-14,22H2,(H,24,25)/t19-,21+/m0/s1. The van der Waals surface area contributed by atoms with E-state index < -0.39 is 17.6 Å². The molecular weight excluding hydrogens is 360 g/mol. The molecule has 7 heteroatoms. The lowest BCUT2D eigenvalue weighted by Crippen LogP contribution is -2.57. The number of carboxylic acids is 1. The maximum absolute atomic E-state index is 11.7. The first kappa shape index (κ1) is 21.0. The van der Waals surface area contributed by atoms with Crippen molar-refractivity contribution in [2.45, 2.75) is 63.0 Å². The number of pyridine rings is 1. The van der Waals surface area contributed by atoms with Crippen molar-refractivity contribution in [3.63, 3.8) is 0 Å². The van der Waals surface area contributed by atoms with Gasteiger partial charge in [0.1, 0.15) is 5.75 Å². The Bertz CT molecular complexity index is 647. The van der Waals surface area contributed by atoms with Gasteiger partial charge in [0.15, 0.2) is 5.60 Å². The Morgan fingerprint density at radius 3 is 2.64 bits per heavy atom. The summed E-state index contributed by atoms with van der Waals surface area (Å²) in [6.07, 6.45) is 9.61. The summed E-state index contributed by atoms with van der Waals surface area (Å²) in [5, 5.41) is 20.3. The van der Waals surface area contributed by atoms with Crippen LogP contribution in [-0.4, -0.2) is 52.6 Å². The number of ether oxygens (including phenoxy) is 2. The number of hydrogen-bond donors (Lipinski definition) is 3. The number of aliphatic hydroxyl groups is 1. The van der Waals surface area contributed by atoms with Gasteiger partial charge in [-0.15, -0.1) is 0 Å². The van der Waals surface area contributed by atoms with E-state index in [4.69, 9.17) is 15.2 Å². The number of nitrogens with two attached hydrogens (primary N) is 1. The van der Waals surface area contributed by atoms with Crippen LogP contribution in [0.2, 0.25) is 0 Å². The topological polar surface area (TPSA) is 115 Å². The van der Waals surface area contributed by atoms with Gasteiger partial charge in [-0.2, -0.15) is 0 Å². The molecule has 2 saturated carbocycles. The smallest absolute Gasteiger partial charge is 0.337 e. The van der Waals surface area contributed by atoms with Gasteiger partial charge in [0.2, 0.25) is 0 Å². The van der Waals surface area contributed by atoms with Crippen LogP contribution >= 0.6 is 0 Å². The molecule has 2 aliphatic rings. The summed E-state index contributed by atoms with van der Waals surface area (Å²) in [5.74, 6) is 0.866. The van der Waals surface area contributed by atoms with Crippen LogP contribution < -0.4 is 10.5 Å². The largest absolute Gasteiger partial charge is 0.493 e. The second-order valence-corrected chi connectivity index (χ2v) is 8.24. The molecule has 1 aromatic heterocycles. The van der Waals surface area contributed by atoms with E-state index >= 15 is 0 Å². The highest BCUT2D eigenvalue weighted by Crippen LogP contribution is 2.33. The average Bonchev–Trinajstić information content (AvgIpc) is 3.56. The van der Waals surface area contributed by atoms with Crippen molar-refractivity contribution in [1.29, 1.82) is 0 Å². The molecule has 0 radical (unpaired) electrons. The van der Waals surface area contributed by atoms with Gasteiger partial charge in [0.05, 0.1) is 19.3 Å². The van der Waals surface area contributed by atoms with Crippen molar-refractivity contribution >= 4 is 5.97 Å². The van der Waals surface area contributed by atoms with Gasteiger partial charge in [-0.05, 0) is 37.2 Å². The van der Waals surface area contributed by atoms with E-state index in [-0.39, 0.29) is 13.0 Å². The fourth-order valence-corrected chi connectivity index (χ4v) is 3.26. The molecule has 0 aliphatic heterocycles. The number of aromatic nitrogens is 1. The molecule has 1 aromatic rings. The molecule has 28 heavy (non-hydrogen) atoms. The number of carboxylic acid groups (broad SMARTS) is 1. The molecule has 0 bridgehead atoms. The molecule has 2 aliphatic carbocycles. The third-order valence-corrected chi connectivity index (χ3v) is 5.61. The second kappa shape index (κ2) is 9.67. The van der Waals surface area contributed by atoms with Crippen LogP contribution in [0.15, 0.2) is 18.3 Å². The predicted octanol–water partition coefficient (Wildman–Crippen LogP) is 2.15. The van der Waals surface area contributed by atoms with Crippen molar-refractivity contribution < 1.29 is 24.5 Å². The SMILES string of the molecule is N[C@@H](COCCCC1CC1)[C@](O)(Cc1cc(OCCC2CC2)ccn1)C(=O)O. The summed E-state index contributed by atoms with van der Waals surface area (Å²) >= 11 is 0. The van der Waals surface area contributed by atoms with Crippen LogP contribution in [0.4, 0.5) is 0 Å². The quantitative estimate of drug-likeness (QED) is 0.416. The number of nitrogens with zero attached hydrogens (tertiary/aromatic N) is 1. The predicted molar refractivity (Wildman–Crippen MR) is 104 cm³/mol. The van der Waals surface area contributed by atoms with Crippen molar-refractivity contribution in [2.24, 2.45) is 17.6 Å². The monoisotopic (exact) mass is 392 g/mol. The molecule has 3 rings (SSSR count). The summed E-state index contributed by atoms with van der Waals surface area (Å²) in [5.41, 5.74) is 4.28. The zero-order valence-corrected chi connectivity index (χ0v) is 16.4. The Hall–Kier alpha value is -1.70. The Morgan fingerprint density at radius 1 is 1.25 bits per heavy atom. The number of rotatable bonds is 14. The summed E-state index contributed by atoms with van der Waals surface area (Å²) in [6, 6.07) is 2.36. The van der Waals surface area contributed by atoms with Crippen LogP contribution in [0, 0.1) is 11.8 Å². The first-order chi connectivity index (χ1) is 13.5. The zero-order valence-electron chi connectivity index (χ0n) is 16.4. The van der Waals surface area contributed by atoms with Gasteiger partial charge in [-0.3, -0.25) is 4.98 Å². The van der Waals surface area contributed by atoms with Gasteiger partial charge in [-0.1, -0.05) is 25.7 Å². The van der Waals surface area contributed by atoms with E-state index in [1.807, 2.05) is 0 Å². The van der Waals surface area contributed by atoms with Crippen molar-refractivity contribution in [3.8, 4) is 5.75 Å². The first-order valence-corrected chi connectivity index (χ1v) is 10.3. The van der Waals surface area contributed by atoms with E-state index in [2.05, 4.69) is 4.98 Å². The maximum atomic E-state index is 11.7. The van der Waals surface area contributed by atoms with Crippen molar-refractivity contribution in [3.05, 3.63) is 24.0 Å². The zero-order chi connectivity index (χ0) is 20.0. The lowest BCUT2D eigenvalue weighted by molar-refractivity contribution is -0.162. The molecular formula is C21H32N2O5. The van der Waals surface area contributed by atoms with E-state index in [1.54, 1.807) is 18.3 Å². The summed E-state index contributed by atoms with van der Waals surface area (Å²) < 4.78 is 11.2. The lowest BCUT2D eigenvalue weighted by atomic mass is 9.89. The molecule has 1 heterocycles. The van der Waals surface area contributed by atoms with Gasteiger partial charge in [-0.25, -0.2) is 4.79 Å². The molecule has 7 nitrogen and oxygen atoms in total. The third-order valence-electron chi connectivity index (χ3n) is 5.61. The molecule has 0 aromatic carbocycles. The highest BCUT2D eigenvalue weighted by atomic mass is 16.5. The van der Waals surface area contributed by atoms with Crippen LogP contribution in [0.5, 0.6) is 5.75 Å². The van der Waals surface area contributed by atoms with Crippen LogP contribution in [-0.2, 0) is 16.0 Å². The van der Waals surface area contributed by atoms with Gasteiger partial charge < -0.3 is 25.4 Å². The third kappa shape index (κ3) is 6.43. The molecule has 0 spiro atoms. The van der Waals surface area contributed by atoms with E-state index in [9.17, 15) is 15.0 Å². The van der Waals surface area contributed by atoms with Crippen molar-refractivity contribution in [2.75, 3.05) is 19.8 Å². The minimum absolute atomic E-state index is 0.00888. The number of hydrogen-bond acceptors (Lipinski definition) is 6. The van der Waals surface area contributed by atoms with Gasteiger partial charge in [0.25, 0.3) is 0 Å². The lowest BCUT2D eigenvalue weighted by Gasteiger charge is -2.29. The minimum atomic E-state index is -2.14. The number of aliphatic carboxylic acids is 1. The molecule has 156 valence electrons. The molecule has 0 amide bonds. The first-order valence-electron chi connectivity index (χ1n) is 10.3. The molecule has 2 atom stereocenters. The highest BCUT2D eigenvalue weighted by Gasteiger charge is 2.43. The Balaban J connectivity index is 1.50. The number of carbonyl (C=O) groups is 1. The Labute approximate surface area is 166 Å². The molecule has 4 N–H and O–H groups in total. The average molecular weight is 392 g/mol. The molecule has 0 saturated heterocycles. The van der Waals surface area contributed by atoms with Gasteiger partial charge in [0, 0.05) is 31.0 Å². The van der Waals surface area contributed by atoms with Crippen molar-refractivity contribution in [1.82, 2.24) is 4.98 Å². The summed E-state index contributed by atoms with van der Waals surface area (Å²) in [6.45, 7) is 1.15.